The van der Waals surface area contributed by atoms with Crippen LogP contribution in [-0.4, -0.2) is 53.6 Å². The van der Waals surface area contributed by atoms with E-state index in [1.165, 1.54) is 0 Å². The van der Waals surface area contributed by atoms with Crippen molar-refractivity contribution in [1.82, 2.24) is 4.90 Å². The van der Waals surface area contributed by atoms with Crippen molar-refractivity contribution in [2.75, 3.05) is 32.0 Å². The highest BCUT2D eigenvalue weighted by molar-refractivity contribution is 5.51. The molecule has 1 aliphatic heterocycles. The molecule has 0 amide bonds. The molecule has 1 heterocycles. The lowest BCUT2D eigenvalue weighted by atomic mass is 10.3. The molecule has 5 nitrogen and oxygen atoms in total. The van der Waals surface area contributed by atoms with Crippen molar-refractivity contribution in [2.45, 2.75) is 12.2 Å². The fraction of sp³-hybridized carbons (Fsp3) is 0.500. The second-order valence-corrected chi connectivity index (χ2v) is 4.28. The van der Waals surface area contributed by atoms with Gasteiger partial charge in [0.1, 0.15) is 12.4 Å². The second-order valence-electron chi connectivity index (χ2n) is 4.28. The van der Waals surface area contributed by atoms with Crippen molar-refractivity contribution in [2.24, 2.45) is 0 Å². The minimum Gasteiger partial charge on any atom is -0.490 e. The maximum Gasteiger partial charge on any atom is 0.142 e. The van der Waals surface area contributed by atoms with Crippen LogP contribution < -0.4 is 10.5 Å². The van der Waals surface area contributed by atoms with Crippen LogP contribution in [0.25, 0.3) is 0 Å². The molecular formula is C12H18N2O3. The van der Waals surface area contributed by atoms with Crippen LogP contribution in [0.3, 0.4) is 0 Å². The number of nitrogens with two attached hydrogens (primary N) is 1. The molecule has 0 radical (unpaired) electrons. The number of β-amino-alcohol motifs (C(OH)–C–C–N with tert-alkyl or cyclic N) is 2. The average Bonchev–Trinajstić information content (AvgIpc) is 2.61. The molecule has 1 aromatic carbocycles. The van der Waals surface area contributed by atoms with Gasteiger partial charge in [-0.15, -0.1) is 0 Å². The van der Waals surface area contributed by atoms with E-state index in [2.05, 4.69) is 0 Å². The minimum absolute atomic E-state index is 0.494. The zero-order valence-corrected chi connectivity index (χ0v) is 9.62. The summed E-state index contributed by atoms with van der Waals surface area (Å²) in [4.78, 5) is 1.97. The van der Waals surface area contributed by atoms with Crippen molar-refractivity contribution in [1.29, 1.82) is 0 Å². The number of aliphatic hydroxyl groups excluding tert-OH is 2. The number of aliphatic hydroxyl groups is 2. The Labute approximate surface area is 100 Å². The van der Waals surface area contributed by atoms with Gasteiger partial charge in [0.25, 0.3) is 0 Å². The molecule has 4 N–H and O–H groups in total. The van der Waals surface area contributed by atoms with Crippen molar-refractivity contribution >= 4 is 5.69 Å². The summed E-state index contributed by atoms with van der Waals surface area (Å²) in [5.41, 5.74) is 6.36. The second kappa shape index (κ2) is 5.35. The Kier molecular flexibility index (Phi) is 3.83. The van der Waals surface area contributed by atoms with Crippen molar-refractivity contribution < 1.29 is 14.9 Å². The molecule has 17 heavy (non-hydrogen) atoms. The molecule has 1 fully saturated rings. The summed E-state index contributed by atoms with van der Waals surface area (Å²) < 4.78 is 5.54. The lowest BCUT2D eigenvalue weighted by molar-refractivity contribution is 0.0572. The summed E-state index contributed by atoms with van der Waals surface area (Å²) in [5, 5.41) is 18.8. The molecule has 1 aliphatic rings. The van der Waals surface area contributed by atoms with Crippen LogP contribution in [-0.2, 0) is 0 Å². The third-order valence-electron chi connectivity index (χ3n) is 2.92. The van der Waals surface area contributed by atoms with Crippen LogP contribution in [0, 0.1) is 0 Å². The van der Waals surface area contributed by atoms with Gasteiger partial charge >= 0.3 is 0 Å². The molecule has 1 saturated heterocycles. The van der Waals surface area contributed by atoms with Gasteiger partial charge in [0.2, 0.25) is 0 Å². The van der Waals surface area contributed by atoms with Crippen LogP contribution in [0.2, 0.25) is 0 Å². The van der Waals surface area contributed by atoms with E-state index in [1.807, 2.05) is 23.1 Å². The van der Waals surface area contributed by atoms with Crippen LogP contribution in [0.15, 0.2) is 24.3 Å². The normalized spacial score (nSPS) is 25.1. The Morgan fingerprint density at radius 3 is 2.53 bits per heavy atom. The number of para-hydroxylation sites is 2. The average molecular weight is 238 g/mol. The molecule has 2 atom stereocenters. The number of benzene rings is 1. The third-order valence-corrected chi connectivity index (χ3v) is 2.92. The standard InChI is InChI=1S/C12H18N2O3/c13-9-3-1-2-4-12(9)17-6-5-14-7-10(15)11(16)8-14/h1-4,10-11,15-16H,5-8,13H2. The highest BCUT2D eigenvalue weighted by Gasteiger charge is 2.28. The largest absolute Gasteiger partial charge is 0.490 e. The van der Waals surface area contributed by atoms with Crippen molar-refractivity contribution in [3.05, 3.63) is 24.3 Å². The van der Waals surface area contributed by atoms with Gasteiger partial charge in [-0.05, 0) is 12.1 Å². The highest BCUT2D eigenvalue weighted by atomic mass is 16.5. The Morgan fingerprint density at radius 1 is 1.24 bits per heavy atom. The van der Waals surface area contributed by atoms with E-state index in [1.54, 1.807) is 6.07 Å². The van der Waals surface area contributed by atoms with Crippen LogP contribution in [0.4, 0.5) is 5.69 Å². The van der Waals surface area contributed by atoms with E-state index in [4.69, 9.17) is 10.5 Å². The molecule has 0 aromatic heterocycles. The maximum absolute atomic E-state index is 9.38. The fourth-order valence-corrected chi connectivity index (χ4v) is 1.93. The predicted molar refractivity (Wildman–Crippen MR) is 64.8 cm³/mol. The lowest BCUT2D eigenvalue weighted by Crippen LogP contribution is -2.27. The molecule has 0 aliphatic carbocycles. The van der Waals surface area contributed by atoms with E-state index in [0.29, 0.717) is 37.7 Å². The summed E-state index contributed by atoms with van der Waals surface area (Å²) in [6.45, 7) is 2.15. The minimum atomic E-state index is -0.642. The van der Waals surface area contributed by atoms with Crippen molar-refractivity contribution in [3.8, 4) is 5.75 Å². The first-order valence-corrected chi connectivity index (χ1v) is 5.72. The smallest absolute Gasteiger partial charge is 0.142 e. The van der Waals surface area contributed by atoms with E-state index in [9.17, 15) is 10.2 Å². The summed E-state index contributed by atoms with van der Waals surface area (Å²) in [5.74, 6) is 0.674. The Hall–Kier alpha value is -1.30. The molecule has 94 valence electrons. The van der Waals surface area contributed by atoms with Crippen LogP contribution in [0.5, 0.6) is 5.75 Å². The van der Waals surface area contributed by atoms with Gasteiger partial charge in [0, 0.05) is 19.6 Å². The van der Waals surface area contributed by atoms with Gasteiger partial charge in [0.05, 0.1) is 17.9 Å². The Balaban J connectivity index is 1.75. The highest BCUT2D eigenvalue weighted by Crippen LogP contribution is 2.19. The van der Waals surface area contributed by atoms with E-state index >= 15 is 0 Å². The summed E-state index contributed by atoms with van der Waals surface area (Å²) in [6, 6.07) is 7.34. The van der Waals surface area contributed by atoms with Gasteiger partial charge in [-0.1, -0.05) is 12.1 Å². The van der Waals surface area contributed by atoms with E-state index in [-0.39, 0.29) is 0 Å². The molecular weight excluding hydrogens is 220 g/mol. The number of rotatable bonds is 4. The molecule has 0 bridgehead atoms. The van der Waals surface area contributed by atoms with Crippen LogP contribution in [0.1, 0.15) is 0 Å². The monoisotopic (exact) mass is 238 g/mol. The maximum atomic E-state index is 9.38. The van der Waals surface area contributed by atoms with Crippen molar-refractivity contribution in [3.63, 3.8) is 0 Å². The number of nitrogens with zero attached hydrogens (tertiary/aromatic N) is 1. The number of nitrogen functional groups attached to an aromatic ring is 1. The van der Waals surface area contributed by atoms with Gasteiger partial charge in [0.15, 0.2) is 0 Å². The molecule has 5 heteroatoms. The SMILES string of the molecule is Nc1ccccc1OCCN1CC(O)C(O)C1. The topological polar surface area (TPSA) is 79.0 Å². The molecule has 2 rings (SSSR count). The van der Waals surface area contributed by atoms with Gasteiger partial charge in [-0.25, -0.2) is 0 Å². The first-order chi connectivity index (χ1) is 8.16. The summed E-state index contributed by atoms with van der Waals surface area (Å²) in [6.07, 6.45) is -1.28. The van der Waals surface area contributed by atoms with Crippen LogP contribution >= 0.6 is 0 Å². The molecule has 2 unspecified atom stereocenters. The van der Waals surface area contributed by atoms with E-state index < -0.39 is 12.2 Å². The summed E-state index contributed by atoms with van der Waals surface area (Å²) >= 11 is 0. The zero-order valence-electron chi connectivity index (χ0n) is 9.62. The quantitative estimate of drug-likeness (QED) is 0.627. The van der Waals surface area contributed by atoms with Gasteiger partial charge in [-0.3, -0.25) is 4.90 Å². The number of ether oxygens (including phenoxy) is 1. The lowest BCUT2D eigenvalue weighted by Gasteiger charge is -2.15. The zero-order chi connectivity index (χ0) is 12.3. The van der Waals surface area contributed by atoms with E-state index in [0.717, 1.165) is 0 Å². The Bertz CT molecular complexity index is 363. The number of hydrogen-bond donors (Lipinski definition) is 3. The first kappa shape index (κ1) is 12.2. The fourth-order valence-electron chi connectivity index (χ4n) is 1.93. The number of hydrogen-bond acceptors (Lipinski definition) is 5. The third kappa shape index (κ3) is 3.09. The number of anilines is 1. The predicted octanol–water partition coefficient (Wildman–Crippen LogP) is -0.315. The summed E-state index contributed by atoms with van der Waals surface area (Å²) in [7, 11) is 0. The van der Waals surface area contributed by atoms with Gasteiger partial charge < -0.3 is 20.7 Å². The Morgan fingerprint density at radius 2 is 1.88 bits per heavy atom. The molecule has 0 saturated carbocycles. The molecule has 1 aromatic rings. The number of likely N-dealkylation sites (tertiary alicyclic amines) is 1. The first-order valence-electron chi connectivity index (χ1n) is 5.72. The molecule has 0 spiro atoms. The van der Waals surface area contributed by atoms with Gasteiger partial charge in [-0.2, -0.15) is 0 Å².